The zero-order valence-corrected chi connectivity index (χ0v) is 31.5. The largest absolute Gasteiger partial charge is 0.404 e. The highest BCUT2D eigenvalue weighted by Crippen LogP contribution is 2.33. The molecule has 12 heteroatoms. The predicted octanol–water partition coefficient (Wildman–Crippen LogP) is 7.64. The first kappa shape index (κ1) is 37.2. The summed E-state index contributed by atoms with van der Waals surface area (Å²) in [5, 5.41) is 3.51. The molecular formula is C42H50F3N9. The molecule has 3 aliphatic rings. The molecule has 0 aliphatic carbocycles. The lowest BCUT2D eigenvalue weighted by Gasteiger charge is -2.50. The van der Waals surface area contributed by atoms with Gasteiger partial charge in [0.2, 0.25) is 5.95 Å². The molecule has 2 aromatic carbocycles. The van der Waals surface area contributed by atoms with Crippen LogP contribution in [0.25, 0.3) is 28.0 Å². The van der Waals surface area contributed by atoms with Gasteiger partial charge in [-0.1, -0.05) is 32.1 Å². The van der Waals surface area contributed by atoms with Crippen LogP contribution in [0.2, 0.25) is 0 Å². The number of alkyl halides is 1. The Balaban J connectivity index is 1.07. The average Bonchev–Trinajstić information content (AvgIpc) is 3.46. The van der Waals surface area contributed by atoms with Gasteiger partial charge in [0.05, 0.1) is 22.8 Å². The number of imidazole rings is 1. The highest BCUT2D eigenvalue weighted by molar-refractivity contribution is 6.23. The molecule has 5 heterocycles. The number of benzene rings is 2. The monoisotopic (exact) mass is 737 g/mol. The van der Waals surface area contributed by atoms with Crippen molar-refractivity contribution < 1.29 is 13.2 Å². The first-order valence-electron chi connectivity index (χ1n) is 18.9. The van der Waals surface area contributed by atoms with Crippen LogP contribution < -0.4 is 16.0 Å². The highest BCUT2D eigenvalue weighted by atomic mass is 19.1. The Kier molecular flexibility index (Phi) is 10.8. The molecule has 7 rings (SSSR count). The van der Waals surface area contributed by atoms with Crippen LogP contribution in [-0.2, 0) is 6.54 Å². The van der Waals surface area contributed by atoms with Crippen LogP contribution in [0.5, 0.6) is 0 Å². The molecule has 4 aromatic rings. The van der Waals surface area contributed by atoms with E-state index in [1.54, 1.807) is 13.2 Å². The van der Waals surface area contributed by atoms with E-state index in [1.165, 1.54) is 12.1 Å². The van der Waals surface area contributed by atoms with Gasteiger partial charge < -0.3 is 25.4 Å². The minimum atomic E-state index is -1.08. The van der Waals surface area contributed by atoms with Crippen LogP contribution in [0.15, 0.2) is 72.9 Å². The Bertz CT molecular complexity index is 2090. The van der Waals surface area contributed by atoms with E-state index in [1.807, 2.05) is 48.0 Å². The number of aliphatic imine (C=N–C) groups is 1. The number of nitrogens with two attached hydrogens (primary N) is 1. The number of aryl methyl sites for hydroxylation is 2. The third-order valence-electron chi connectivity index (χ3n) is 11.3. The van der Waals surface area contributed by atoms with E-state index in [-0.39, 0.29) is 12.1 Å². The number of anilines is 2. The van der Waals surface area contributed by atoms with Gasteiger partial charge in [-0.15, -0.1) is 0 Å². The summed E-state index contributed by atoms with van der Waals surface area (Å²) in [6.07, 6.45) is 6.02. The molecule has 2 bridgehead atoms. The molecule has 2 unspecified atom stereocenters. The van der Waals surface area contributed by atoms with Gasteiger partial charge >= 0.3 is 0 Å². The fourth-order valence-electron chi connectivity index (χ4n) is 8.13. The van der Waals surface area contributed by atoms with Crippen molar-refractivity contribution in [3.8, 4) is 0 Å². The van der Waals surface area contributed by atoms with Gasteiger partial charge in [-0.05, 0) is 74.6 Å². The molecule has 2 aromatic heterocycles. The van der Waals surface area contributed by atoms with E-state index < -0.39 is 17.8 Å². The molecule has 2 saturated heterocycles. The number of aromatic nitrogens is 3. The van der Waals surface area contributed by atoms with E-state index in [9.17, 15) is 8.78 Å². The van der Waals surface area contributed by atoms with Crippen molar-refractivity contribution in [2.45, 2.75) is 70.2 Å². The summed E-state index contributed by atoms with van der Waals surface area (Å²) in [6.45, 7) is 13.8. The fraction of sp³-hybridized carbons (Fsp3) is 0.405. The smallest absolute Gasteiger partial charge is 0.208 e. The predicted molar refractivity (Wildman–Crippen MR) is 214 cm³/mol. The number of likely N-dealkylation sites (tertiary alicyclic amines) is 1. The number of piperidine rings is 1. The quantitative estimate of drug-likeness (QED) is 0.218. The van der Waals surface area contributed by atoms with E-state index in [0.29, 0.717) is 43.4 Å². The Morgan fingerprint density at radius 3 is 2.48 bits per heavy atom. The number of pyridine rings is 1. The molecule has 3 N–H and O–H groups in total. The van der Waals surface area contributed by atoms with Crippen molar-refractivity contribution in [3.05, 3.63) is 102 Å². The highest BCUT2D eigenvalue weighted by Gasteiger charge is 2.39. The van der Waals surface area contributed by atoms with Crippen LogP contribution in [-0.4, -0.2) is 88.6 Å². The number of nitrogens with one attached hydrogen (secondary N) is 1. The Morgan fingerprint density at radius 1 is 1.00 bits per heavy atom. The third-order valence-corrected chi connectivity index (χ3v) is 11.3. The van der Waals surface area contributed by atoms with Crippen LogP contribution in [0.4, 0.5) is 24.8 Å². The lowest BCUT2D eigenvalue weighted by Crippen LogP contribution is -2.64. The molecule has 0 spiro atoms. The molecule has 2 fully saturated rings. The Morgan fingerprint density at radius 2 is 1.76 bits per heavy atom. The molecule has 0 radical (unpaired) electrons. The van der Waals surface area contributed by atoms with Gasteiger partial charge in [-0.3, -0.25) is 14.9 Å². The van der Waals surface area contributed by atoms with Gasteiger partial charge in [0, 0.05) is 105 Å². The molecule has 284 valence electrons. The number of hydrogen-bond donors (Lipinski definition) is 2. The van der Waals surface area contributed by atoms with Crippen molar-refractivity contribution in [3.63, 3.8) is 0 Å². The number of allylic oxidation sites excluding steroid dienone is 1. The van der Waals surface area contributed by atoms with Crippen LogP contribution in [0.1, 0.15) is 61.0 Å². The van der Waals surface area contributed by atoms with Crippen LogP contribution in [0.3, 0.4) is 0 Å². The zero-order valence-electron chi connectivity index (χ0n) is 31.5. The maximum absolute atomic E-state index is 15.9. The maximum Gasteiger partial charge on any atom is 0.208 e. The normalized spacial score (nSPS) is 22.0. The molecular weight excluding hydrogens is 688 g/mol. The summed E-state index contributed by atoms with van der Waals surface area (Å²) < 4.78 is 45.6. The Hall–Kier alpha value is -5.10. The van der Waals surface area contributed by atoms with Gasteiger partial charge in [0.15, 0.2) is 0 Å². The minimum Gasteiger partial charge on any atom is -0.404 e. The van der Waals surface area contributed by atoms with Crippen LogP contribution in [0, 0.1) is 18.6 Å². The summed E-state index contributed by atoms with van der Waals surface area (Å²) >= 11 is 0. The fourth-order valence-corrected chi connectivity index (χ4v) is 8.13. The van der Waals surface area contributed by atoms with Crippen molar-refractivity contribution in [2.75, 3.05) is 50.5 Å². The SMILES string of the molecule is C=C1Nc2nc3ccc(C(=C)N(C)C4CCN(C5CN(c6cc(F)cc(F)c6)C5)CC4F)cc3n2CCCCCCC(=NC)C(=CN)c2cc1cc(C)n2. The molecule has 9 nitrogen and oxygen atoms in total. The second kappa shape index (κ2) is 15.7. The summed E-state index contributed by atoms with van der Waals surface area (Å²) in [5.41, 5.74) is 15.1. The molecule has 3 aliphatic heterocycles. The number of fused-ring (bicyclic) bond motifs is 5. The topological polar surface area (TPSA) is 90.8 Å². The standard InChI is InChI=1S/C42H50F3N9/c1-26-16-30-17-39(48-26)35(22-46)37(47-4)10-8-6-7-9-14-54-41-18-29(11-12-38(41)50-42(54)49-27(30)2)28(3)51(5)40-13-15-52(25-36(40)45)34-23-53(24-34)33-20-31(43)19-32(44)21-33/h11-12,16-22,34,36,40H,2-3,6-10,13-15,23-25,46H2,1,4-5H3,(H,49,50). The first-order valence-corrected chi connectivity index (χ1v) is 18.9. The summed E-state index contributed by atoms with van der Waals surface area (Å²) in [5.74, 6) is -0.481. The van der Waals surface area contributed by atoms with Crippen molar-refractivity contribution >= 4 is 45.3 Å². The second-order valence-electron chi connectivity index (χ2n) is 14.8. The average molecular weight is 738 g/mol. The van der Waals surface area contributed by atoms with E-state index in [0.717, 1.165) is 102 Å². The molecule has 0 amide bonds. The Labute approximate surface area is 315 Å². The number of nitrogens with zero attached hydrogens (tertiary/aromatic N) is 7. The van der Waals surface area contributed by atoms with Gasteiger partial charge in [-0.25, -0.2) is 18.2 Å². The first-order chi connectivity index (χ1) is 26.0. The lowest BCUT2D eigenvalue weighted by molar-refractivity contribution is 0.0377. The van der Waals surface area contributed by atoms with Crippen LogP contribution >= 0.6 is 0 Å². The molecule has 2 atom stereocenters. The van der Waals surface area contributed by atoms with Gasteiger partial charge in [0.1, 0.15) is 17.8 Å². The third kappa shape index (κ3) is 7.62. The minimum absolute atomic E-state index is 0.144. The zero-order chi connectivity index (χ0) is 38.1. The van der Waals surface area contributed by atoms with Crippen molar-refractivity contribution in [1.82, 2.24) is 24.3 Å². The van der Waals surface area contributed by atoms with E-state index in [4.69, 9.17) is 15.7 Å². The number of hydrogen-bond acceptors (Lipinski definition) is 8. The van der Waals surface area contributed by atoms with Crippen molar-refractivity contribution in [1.29, 1.82) is 0 Å². The summed E-state index contributed by atoms with van der Waals surface area (Å²) in [4.78, 5) is 20.5. The van der Waals surface area contributed by atoms with Gasteiger partial charge in [0.25, 0.3) is 0 Å². The van der Waals surface area contributed by atoms with Gasteiger partial charge in [-0.2, -0.15) is 0 Å². The number of halogens is 3. The maximum atomic E-state index is 15.9. The summed E-state index contributed by atoms with van der Waals surface area (Å²) in [6, 6.07) is 13.5. The molecule has 54 heavy (non-hydrogen) atoms. The van der Waals surface area contributed by atoms with E-state index >= 15 is 4.39 Å². The molecule has 0 saturated carbocycles. The number of rotatable bonds is 5. The summed E-state index contributed by atoms with van der Waals surface area (Å²) in [7, 11) is 3.73. The van der Waals surface area contributed by atoms with Crippen molar-refractivity contribution in [2.24, 2.45) is 10.7 Å². The second-order valence-corrected chi connectivity index (χ2v) is 14.8. The van der Waals surface area contributed by atoms with E-state index in [2.05, 4.69) is 39.0 Å². The lowest BCUT2D eigenvalue weighted by atomic mass is 9.96.